The number of hydrogen-bond acceptors (Lipinski definition) is 4. The zero-order valence-electron chi connectivity index (χ0n) is 14.7. The van der Waals surface area contributed by atoms with Crippen LogP contribution in [0.25, 0.3) is 10.9 Å². The van der Waals surface area contributed by atoms with Crippen molar-refractivity contribution in [3.05, 3.63) is 60.3 Å². The van der Waals surface area contributed by atoms with E-state index in [4.69, 9.17) is 0 Å². The van der Waals surface area contributed by atoms with Gasteiger partial charge in [-0.25, -0.2) is 5.01 Å². The van der Waals surface area contributed by atoms with Crippen LogP contribution in [0.4, 0.5) is 5.69 Å². The second kappa shape index (κ2) is 7.41. The third kappa shape index (κ3) is 3.72. The number of nitrogens with one attached hydrogen (secondary N) is 2. The Morgan fingerprint density at radius 2 is 1.93 bits per heavy atom. The SMILES string of the molecule is O=C(CCC(=O)N1CCC(c2ccccc2)=N1)Nc1cccc2cn[nH]c12. The summed E-state index contributed by atoms with van der Waals surface area (Å²) in [6.45, 7) is 0.554. The largest absolute Gasteiger partial charge is 0.324 e. The molecule has 3 aromatic rings. The van der Waals surface area contributed by atoms with Crippen LogP contribution in [0.5, 0.6) is 0 Å². The Kier molecular flexibility index (Phi) is 4.65. The van der Waals surface area contributed by atoms with Crippen LogP contribution >= 0.6 is 0 Å². The van der Waals surface area contributed by atoms with Crippen molar-refractivity contribution in [1.29, 1.82) is 0 Å². The van der Waals surface area contributed by atoms with Gasteiger partial charge in [0, 0.05) is 24.6 Å². The smallest absolute Gasteiger partial charge is 0.243 e. The van der Waals surface area contributed by atoms with Gasteiger partial charge in [-0.3, -0.25) is 14.7 Å². The molecule has 0 saturated carbocycles. The molecular weight excluding hydrogens is 342 g/mol. The summed E-state index contributed by atoms with van der Waals surface area (Å²) in [5, 5.41) is 16.5. The summed E-state index contributed by atoms with van der Waals surface area (Å²) in [6, 6.07) is 15.4. The van der Waals surface area contributed by atoms with Crippen molar-refractivity contribution in [2.24, 2.45) is 5.10 Å². The van der Waals surface area contributed by atoms with E-state index in [1.54, 1.807) is 12.3 Å². The van der Waals surface area contributed by atoms with Crippen molar-refractivity contribution in [2.45, 2.75) is 19.3 Å². The number of rotatable bonds is 5. The molecule has 2 heterocycles. The van der Waals surface area contributed by atoms with Crippen LogP contribution in [0.3, 0.4) is 0 Å². The van der Waals surface area contributed by atoms with E-state index in [2.05, 4.69) is 20.6 Å². The average molecular weight is 361 g/mol. The van der Waals surface area contributed by atoms with Gasteiger partial charge in [0.05, 0.1) is 29.7 Å². The third-order valence-corrected chi connectivity index (χ3v) is 4.51. The second-order valence-corrected chi connectivity index (χ2v) is 6.37. The zero-order chi connectivity index (χ0) is 18.6. The van der Waals surface area contributed by atoms with Gasteiger partial charge < -0.3 is 5.32 Å². The number of hydrazone groups is 1. The number of para-hydroxylation sites is 1. The van der Waals surface area contributed by atoms with Crippen LogP contribution in [0.1, 0.15) is 24.8 Å². The Bertz CT molecular complexity index is 1010. The first kappa shape index (κ1) is 17.0. The average Bonchev–Trinajstić information content (AvgIpc) is 3.37. The molecular formula is C20H19N5O2. The quantitative estimate of drug-likeness (QED) is 0.732. The van der Waals surface area contributed by atoms with Crippen molar-refractivity contribution >= 4 is 34.1 Å². The monoisotopic (exact) mass is 361 g/mol. The van der Waals surface area contributed by atoms with E-state index < -0.39 is 0 Å². The minimum absolute atomic E-state index is 0.107. The van der Waals surface area contributed by atoms with Crippen molar-refractivity contribution in [3.8, 4) is 0 Å². The van der Waals surface area contributed by atoms with Crippen LogP contribution in [-0.2, 0) is 9.59 Å². The first-order chi connectivity index (χ1) is 13.2. The van der Waals surface area contributed by atoms with E-state index in [0.717, 1.165) is 28.6 Å². The highest BCUT2D eigenvalue weighted by Crippen LogP contribution is 2.21. The van der Waals surface area contributed by atoms with E-state index in [9.17, 15) is 9.59 Å². The standard InChI is InChI=1S/C20H19N5O2/c26-18(22-17-8-4-7-15-13-21-23-20(15)17)9-10-19(27)25-12-11-16(24-25)14-5-2-1-3-6-14/h1-8,13H,9-12H2,(H,21,23)(H,22,26). The van der Waals surface area contributed by atoms with Crippen LogP contribution in [-0.4, -0.2) is 39.3 Å². The van der Waals surface area contributed by atoms with Crippen molar-refractivity contribution < 1.29 is 9.59 Å². The minimum Gasteiger partial charge on any atom is -0.324 e. The summed E-state index contributed by atoms with van der Waals surface area (Å²) in [6.07, 6.45) is 2.65. The summed E-state index contributed by atoms with van der Waals surface area (Å²) < 4.78 is 0. The summed E-state index contributed by atoms with van der Waals surface area (Å²) in [4.78, 5) is 24.6. The number of fused-ring (bicyclic) bond motifs is 1. The first-order valence-electron chi connectivity index (χ1n) is 8.86. The number of anilines is 1. The fraction of sp³-hybridized carbons (Fsp3) is 0.200. The van der Waals surface area contributed by atoms with Gasteiger partial charge in [0.2, 0.25) is 11.8 Å². The fourth-order valence-corrected chi connectivity index (χ4v) is 3.11. The van der Waals surface area contributed by atoms with E-state index in [1.807, 2.05) is 42.5 Å². The molecule has 4 rings (SSSR count). The maximum atomic E-state index is 12.4. The Labute approximate surface area is 156 Å². The second-order valence-electron chi connectivity index (χ2n) is 6.37. The number of amides is 2. The van der Waals surface area contributed by atoms with Gasteiger partial charge in [-0.15, -0.1) is 0 Å². The van der Waals surface area contributed by atoms with Crippen molar-refractivity contribution in [3.63, 3.8) is 0 Å². The number of aromatic nitrogens is 2. The predicted molar refractivity (Wildman–Crippen MR) is 103 cm³/mol. The predicted octanol–water partition coefficient (Wildman–Crippen LogP) is 2.92. The lowest BCUT2D eigenvalue weighted by Gasteiger charge is -2.11. The molecule has 0 radical (unpaired) electrons. The lowest BCUT2D eigenvalue weighted by atomic mass is 10.1. The molecule has 0 saturated heterocycles. The number of nitrogens with zero attached hydrogens (tertiary/aromatic N) is 3. The molecule has 0 unspecified atom stereocenters. The Morgan fingerprint density at radius 1 is 1.07 bits per heavy atom. The van der Waals surface area contributed by atoms with Gasteiger partial charge in [0.15, 0.2) is 0 Å². The number of H-pyrrole nitrogens is 1. The summed E-state index contributed by atoms with van der Waals surface area (Å²) in [7, 11) is 0. The molecule has 1 aromatic heterocycles. The van der Waals surface area contributed by atoms with E-state index in [1.165, 1.54) is 5.01 Å². The summed E-state index contributed by atoms with van der Waals surface area (Å²) in [5.74, 6) is -0.354. The Morgan fingerprint density at radius 3 is 2.78 bits per heavy atom. The van der Waals surface area contributed by atoms with E-state index in [-0.39, 0.29) is 24.7 Å². The molecule has 0 fully saturated rings. The van der Waals surface area contributed by atoms with Crippen molar-refractivity contribution in [1.82, 2.24) is 15.2 Å². The Balaban J connectivity index is 1.33. The maximum Gasteiger partial charge on any atom is 0.243 e. The summed E-state index contributed by atoms with van der Waals surface area (Å²) >= 11 is 0. The maximum absolute atomic E-state index is 12.4. The van der Waals surface area contributed by atoms with Crippen LogP contribution in [0.2, 0.25) is 0 Å². The third-order valence-electron chi connectivity index (χ3n) is 4.51. The van der Waals surface area contributed by atoms with Crippen LogP contribution in [0.15, 0.2) is 59.8 Å². The summed E-state index contributed by atoms with van der Waals surface area (Å²) in [5.41, 5.74) is 3.36. The number of hydrogen-bond donors (Lipinski definition) is 2. The molecule has 136 valence electrons. The molecule has 27 heavy (non-hydrogen) atoms. The molecule has 2 N–H and O–H groups in total. The van der Waals surface area contributed by atoms with Gasteiger partial charge in [-0.2, -0.15) is 10.2 Å². The molecule has 7 nitrogen and oxygen atoms in total. The number of aromatic amines is 1. The van der Waals surface area contributed by atoms with Gasteiger partial charge in [0.25, 0.3) is 0 Å². The van der Waals surface area contributed by atoms with Crippen LogP contribution in [0, 0.1) is 0 Å². The molecule has 0 spiro atoms. The van der Waals surface area contributed by atoms with E-state index in [0.29, 0.717) is 12.2 Å². The number of carbonyl (C=O) groups excluding carboxylic acids is 2. The highest BCUT2D eigenvalue weighted by molar-refractivity contribution is 6.03. The topological polar surface area (TPSA) is 90.4 Å². The van der Waals surface area contributed by atoms with Gasteiger partial charge in [-0.1, -0.05) is 42.5 Å². The molecule has 0 aliphatic carbocycles. The number of carbonyl (C=O) groups is 2. The first-order valence-corrected chi connectivity index (χ1v) is 8.86. The molecule has 7 heteroatoms. The molecule has 1 aliphatic rings. The lowest BCUT2D eigenvalue weighted by molar-refractivity contribution is -0.132. The van der Waals surface area contributed by atoms with Crippen LogP contribution < -0.4 is 5.32 Å². The Hall–Kier alpha value is -3.48. The lowest BCUT2D eigenvalue weighted by Crippen LogP contribution is -2.25. The fourth-order valence-electron chi connectivity index (χ4n) is 3.11. The normalized spacial score (nSPS) is 13.6. The highest BCUT2D eigenvalue weighted by atomic mass is 16.2. The molecule has 2 amide bonds. The highest BCUT2D eigenvalue weighted by Gasteiger charge is 2.22. The van der Waals surface area contributed by atoms with Gasteiger partial charge in [-0.05, 0) is 11.6 Å². The van der Waals surface area contributed by atoms with Gasteiger partial charge in [0.1, 0.15) is 0 Å². The minimum atomic E-state index is -0.211. The molecule has 0 bridgehead atoms. The molecule has 2 aromatic carbocycles. The van der Waals surface area contributed by atoms with Gasteiger partial charge >= 0.3 is 0 Å². The zero-order valence-corrected chi connectivity index (χ0v) is 14.7. The van der Waals surface area contributed by atoms with E-state index >= 15 is 0 Å². The van der Waals surface area contributed by atoms with Crippen molar-refractivity contribution in [2.75, 3.05) is 11.9 Å². The molecule has 0 atom stereocenters. The molecule has 1 aliphatic heterocycles. The number of benzene rings is 2.